The third kappa shape index (κ3) is 2.32. The fraction of sp³-hybridized carbons (Fsp3) is 0.643. The SMILES string of the molecule is COC(=O)[C@H]1C[C@@H]1C(=O)NC1(c2nccs2)CCCC1. The van der Waals surface area contributed by atoms with Crippen LogP contribution in [0.5, 0.6) is 0 Å². The number of ether oxygens (including phenoxy) is 1. The molecule has 0 unspecified atom stereocenters. The molecule has 5 nitrogen and oxygen atoms in total. The van der Waals surface area contributed by atoms with Gasteiger partial charge in [-0.3, -0.25) is 9.59 Å². The average molecular weight is 294 g/mol. The highest BCUT2D eigenvalue weighted by atomic mass is 32.1. The van der Waals surface area contributed by atoms with Gasteiger partial charge in [0.1, 0.15) is 5.01 Å². The highest BCUT2D eigenvalue weighted by Crippen LogP contribution is 2.43. The molecule has 0 aromatic carbocycles. The van der Waals surface area contributed by atoms with E-state index in [1.54, 1.807) is 17.5 Å². The molecule has 1 aromatic heterocycles. The number of aromatic nitrogens is 1. The highest BCUT2D eigenvalue weighted by molar-refractivity contribution is 7.09. The number of rotatable bonds is 4. The van der Waals surface area contributed by atoms with E-state index in [9.17, 15) is 9.59 Å². The number of esters is 1. The van der Waals surface area contributed by atoms with Gasteiger partial charge in [0.25, 0.3) is 0 Å². The predicted octanol–water partition coefficient (Wildman–Crippen LogP) is 1.84. The summed E-state index contributed by atoms with van der Waals surface area (Å²) in [5.74, 6) is -0.785. The van der Waals surface area contributed by atoms with Crippen molar-refractivity contribution >= 4 is 23.2 Å². The monoisotopic (exact) mass is 294 g/mol. The number of hydrogen-bond donors (Lipinski definition) is 1. The Balaban J connectivity index is 1.70. The van der Waals surface area contributed by atoms with Gasteiger partial charge < -0.3 is 10.1 Å². The van der Waals surface area contributed by atoms with Crippen LogP contribution in [0.1, 0.15) is 37.1 Å². The lowest BCUT2D eigenvalue weighted by Gasteiger charge is -2.28. The molecule has 1 N–H and O–H groups in total. The summed E-state index contributed by atoms with van der Waals surface area (Å²) in [5, 5.41) is 6.09. The summed E-state index contributed by atoms with van der Waals surface area (Å²) in [7, 11) is 1.36. The van der Waals surface area contributed by atoms with Crippen molar-refractivity contribution in [3.8, 4) is 0 Å². The number of nitrogens with zero attached hydrogens (tertiary/aromatic N) is 1. The van der Waals surface area contributed by atoms with Crippen molar-refractivity contribution in [2.75, 3.05) is 7.11 Å². The van der Waals surface area contributed by atoms with Crippen LogP contribution in [0.4, 0.5) is 0 Å². The van der Waals surface area contributed by atoms with Gasteiger partial charge in [-0.2, -0.15) is 0 Å². The molecule has 2 aliphatic carbocycles. The van der Waals surface area contributed by atoms with E-state index >= 15 is 0 Å². The summed E-state index contributed by atoms with van der Waals surface area (Å²) in [6, 6.07) is 0. The van der Waals surface area contributed by atoms with Crippen LogP contribution < -0.4 is 5.32 Å². The Morgan fingerprint density at radius 1 is 1.40 bits per heavy atom. The van der Waals surface area contributed by atoms with E-state index in [0.717, 1.165) is 30.7 Å². The van der Waals surface area contributed by atoms with Gasteiger partial charge in [0.05, 0.1) is 24.5 Å². The van der Waals surface area contributed by atoms with Gasteiger partial charge in [-0.05, 0) is 19.3 Å². The molecule has 0 radical (unpaired) electrons. The minimum atomic E-state index is -0.311. The number of carbonyl (C=O) groups excluding carboxylic acids is 2. The van der Waals surface area contributed by atoms with Crippen molar-refractivity contribution in [3.05, 3.63) is 16.6 Å². The van der Waals surface area contributed by atoms with Gasteiger partial charge in [-0.1, -0.05) is 12.8 Å². The van der Waals surface area contributed by atoms with Crippen molar-refractivity contribution < 1.29 is 14.3 Å². The lowest BCUT2D eigenvalue weighted by Crippen LogP contribution is -2.44. The van der Waals surface area contributed by atoms with Crippen LogP contribution in [0.2, 0.25) is 0 Å². The lowest BCUT2D eigenvalue weighted by molar-refractivity contribution is -0.143. The van der Waals surface area contributed by atoms with Gasteiger partial charge in [-0.25, -0.2) is 4.98 Å². The number of amides is 1. The van der Waals surface area contributed by atoms with E-state index in [1.807, 2.05) is 5.38 Å². The Bertz CT molecular complexity index is 508. The van der Waals surface area contributed by atoms with Crippen LogP contribution in [-0.4, -0.2) is 24.0 Å². The van der Waals surface area contributed by atoms with Crippen molar-refractivity contribution in [1.29, 1.82) is 0 Å². The van der Waals surface area contributed by atoms with Crippen molar-refractivity contribution in [2.24, 2.45) is 11.8 Å². The summed E-state index contributed by atoms with van der Waals surface area (Å²) in [6.45, 7) is 0. The van der Waals surface area contributed by atoms with Crippen molar-refractivity contribution in [2.45, 2.75) is 37.6 Å². The largest absolute Gasteiger partial charge is 0.469 e. The molecule has 2 aliphatic rings. The molecule has 0 saturated heterocycles. The molecule has 0 aliphatic heterocycles. The second kappa shape index (κ2) is 5.16. The molecule has 0 spiro atoms. The average Bonchev–Trinajstić information content (AvgIpc) is 2.88. The maximum absolute atomic E-state index is 12.4. The van der Waals surface area contributed by atoms with Gasteiger partial charge >= 0.3 is 5.97 Å². The topological polar surface area (TPSA) is 68.3 Å². The molecule has 1 aromatic rings. The zero-order valence-corrected chi connectivity index (χ0v) is 12.2. The van der Waals surface area contributed by atoms with E-state index in [2.05, 4.69) is 10.3 Å². The smallest absolute Gasteiger partial charge is 0.309 e. The highest BCUT2D eigenvalue weighted by Gasteiger charge is 2.51. The van der Waals surface area contributed by atoms with E-state index in [4.69, 9.17) is 4.74 Å². The maximum atomic E-state index is 12.4. The number of nitrogens with one attached hydrogen (secondary N) is 1. The molecule has 1 amide bonds. The van der Waals surface area contributed by atoms with E-state index in [1.165, 1.54) is 7.11 Å². The molecule has 2 atom stereocenters. The molecule has 20 heavy (non-hydrogen) atoms. The Kier molecular flexibility index (Phi) is 3.50. The fourth-order valence-corrected chi connectivity index (χ4v) is 3.91. The lowest BCUT2D eigenvalue weighted by atomic mass is 9.98. The summed E-state index contributed by atoms with van der Waals surface area (Å²) in [4.78, 5) is 28.2. The molecule has 1 heterocycles. The van der Waals surface area contributed by atoms with Gasteiger partial charge in [0.15, 0.2) is 0 Å². The molecular formula is C14H18N2O3S. The van der Waals surface area contributed by atoms with Crippen LogP contribution in [0, 0.1) is 11.8 Å². The summed E-state index contributed by atoms with van der Waals surface area (Å²) in [5.41, 5.74) is -0.311. The fourth-order valence-electron chi connectivity index (χ4n) is 3.06. The van der Waals surface area contributed by atoms with Gasteiger partial charge in [0, 0.05) is 11.6 Å². The molecule has 108 valence electrons. The molecule has 3 rings (SSSR count). The normalized spacial score (nSPS) is 27.1. The van der Waals surface area contributed by atoms with Crippen molar-refractivity contribution in [3.63, 3.8) is 0 Å². The van der Waals surface area contributed by atoms with Gasteiger partial charge in [0.2, 0.25) is 5.91 Å². The summed E-state index contributed by atoms with van der Waals surface area (Å²) >= 11 is 1.59. The molecular weight excluding hydrogens is 276 g/mol. The number of carbonyl (C=O) groups is 2. The van der Waals surface area contributed by atoms with Crippen LogP contribution in [-0.2, 0) is 19.9 Å². The predicted molar refractivity (Wildman–Crippen MR) is 74.0 cm³/mol. The van der Waals surface area contributed by atoms with E-state index in [0.29, 0.717) is 6.42 Å². The third-order valence-corrected chi connectivity index (χ3v) is 5.27. The molecule has 0 bridgehead atoms. The van der Waals surface area contributed by atoms with Crippen LogP contribution in [0.3, 0.4) is 0 Å². The second-order valence-electron chi connectivity index (χ2n) is 5.59. The number of hydrogen-bond acceptors (Lipinski definition) is 5. The first-order valence-corrected chi connectivity index (χ1v) is 7.84. The van der Waals surface area contributed by atoms with Crippen molar-refractivity contribution in [1.82, 2.24) is 10.3 Å². The van der Waals surface area contributed by atoms with Crippen LogP contribution in [0.15, 0.2) is 11.6 Å². The van der Waals surface area contributed by atoms with Gasteiger partial charge in [-0.15, -0.1) is 11.3 Å². The van der Waals surface area contributed by atoms with E-state index < -0.39 is 0 Å². The zero-order valence-electron chi connectivity index (χ0n) is 11.4. The Morgan fingerprint density at radius 3 is 2.75 bits per heavy atom. The molecule has 6 heteroatoms. The standard InChI is InChI=1S/C14H18N2O3S/c1-19-12(18)10-8-9(10)11(17)16-14(4-2-3-5-14)13-15-6-7-20-13/h6-7,9-10H,2-5,8H2,1H3,(H,16,17)/t9-,10-/m0/s1. The molecule has 2 saturated carbocycles. The molecule has 2 fully saturated rings. The first kappa shape index (κ1) is 13.5. The first-order valence-electron chi connectivity index (χ1n) is 6.96. The van der Waals surface area contributed by atoms with E-state index in [-0.39, 0.29) is 29.3 Å². The van der Waals surface area contributed by atoms with Crippen LogP contribution >= 0.6 is 11.3 Å². The minimum absolute atomic E-state index is 0.0301. The Labute approximate surface area is 121 Å². The Hall–Kier alpha value is -1.43. The Morgan fingerprint density at radius 2 is 2.15 bits per heavy atom. The number of thiazole rings is 1. The third-order valence-electron chi connectivity index (χ3n) is 4.29. The maximum Gasteiger partial charge on any atom is 0.309 e. The second-order valence-corrected chi connectivity index (χ2v) is 6.48. The number of methoxy groups -OCH3 is 1. The quantitative estimate of drug-likeness (QED) is 0.860. The minimum Gasteiger partial charge on any atom is -0.469 e. The summed E-state index contributed by atoms with van der Waals surface area (Å²) < 4.78 is 4.69. The first-order chi connectivity index (χ1) is 9.66. The zero-order chi connectivity index (χ0) is 14.2. The van der Waals surface area contributed by atoms with Crippen LogP contribution in [0.25, 0.3) is 0 Å². The summed E-state index contributed by atoms with van der Waals surface area (Å²) in [6.07, 6.45) is 6.45.